The molecule has 0 amide bonds. The molecule has 18 heavy (non-hydrogen) atoms. The summed E-state index contributed by atoms with van der Waals surface area (Å²) in [7, 11) is 0. The van der Waals surface area contributed by atoms with E-state index in [2.05, 4.69) is 51.9 Å². The molecule has 0 aliphatic carbocycles. The minimum Gasteiger partial charge on any atom is -0.375 e. The van der Waals surface area contributed by atoms with Crippen LogP contribution in [0, 0.1) is 10.8 Å². The molecule has 0 unspecified atom stereocenters. The quantitative estimate of drug-likeness (QED) is 0.756. The van der Waals surface area contributed by atoms with Gasteiger partial charge >= 0.3 is 0 Å². The predicted octanol–water partition coefficient (Wildman–Crippen LogP) is 3.28. The summed E-state index contributed by atoms with van der Waals surface area (Å²) in [5, 5.41) is 8.24. The van der Waals surface area contributed by atoms with Gasteiger partial charge in [-0.1, -0.05) is 46.8 Å². The van der Waals surface area contributed by atoms with Crippen molar-refractivity contribution in [2.45, 2.75) is 61.1 Å². The first-order valence-corrected chi connectivity index (χ1v) is 6.62. The lowest BCUT2D eigenvalue weighted by molar-refractivity contribution is 0.0940. The molecular weight excluding hydrogens is 226 g/mol. The molecule has 1 aromatic heterocycles. The molecule has 1 heterocycles. The van der Waals surface area contributed by atoms with E-state index in [0.29, 0.717) is 12.0 Å². The van der Waals surface area contributed by atoms with Crippen molar-refractivity contribution < 1.29 is 4.74 Å². The van der Waals surface area contributed by atoms with Crippen molar-refractivity contribution >= 4 is 0 Å². The Hall–Kier alpha value is -0.900. The average molecular weight is 253 g/mol. The zero-order valence-electron chi connectivity index (χ0n) is 12.7. The van der Waals surface area contributed by atoms with E-state index in [0.717, 1.165) is 25.3 Å². The predicted molar refractivity (Wildman–Crippen MR) is 73.2 cm³/mol. The van der Waals surface area contributed by atoms with Crippen LogP contribution in [0.4, 0.5) is 0 Å². The van der Waals surface area contributed by atoms with Crippen LogP contribution in [0.2, 0.25) is 0 Å². The summed E-state index contributed by atoms with van der Waals surface area (Å²) in [5.41, 5.74) is 1.45. The van der Waals surface area contributed by atoms with Gasteiger partial charge in [-0.2, -0.15) is 0 Å². The number of ether oxygens (including phenoxy) is 1. The van der Waals surface area contributed by atoms with E-state index in [1.807, 2.05) is 10.9 Å². The molecule has 0 aliphatic rings. The van der Waals surface area contributed by atoms with Crippen LogP contribution in [-0.2, 0) is 17.9 Å². The summed E-state index contributed by atoms with van der Waals surface area (Å²) in [6.07, 6.45) is 3.03. The zero-order chi connectivity index (χ0) is 13.8. The van der Waals surface area contributed by atoms with Crippen LogP contribution in [0.3, 0.4) is 0 Å². The van der Waals surface area contributed by atoms with Gasteiger partial charge in [0.05, 0.1) is 12.8 Å². The van der Waals surface area contributed by atoms with Crippen molar-refractivity contribution in [3.8, 4) is 0 Å². The van der Waals surface area contributed by atoms with E-state index in [9.17, 15) is 0 Å². The normalized spacial score (nSPS) is 13.0. The largest absolute Gasteiger partial charge is 0.375 e. The van der Waals surface area contributed by atoms with E-state index in [-0.39, 0.29) is 5.41 Å². The Morgan fingerprint density at radius 1 is 1.11 bits per heavy atom. The first kappa shape index (κ1) is 15.2. The monoisotopic (exact) mass is 253 g/mol. The molecule has 0 saturated carbocycles. The molecule has 0 radical (unpaired) electrons. The number of hydrogen-bond acceptors (Lipinski definition) is 3. The number of hydrogen-bond donors (Lipinski definition) is 0. The fourth-order valence-corrected chi connectivity index (χ4v) is 1.52. The Labute approximate surface area is 111 Å². The number of nitrogens with zero attached hydrogens (tertiary/aromatic N) is 3. The second kappa shape index (κ2) is 5.83. The maximum Gasteiger partial charge on any atom is 0.108 e. The van der Waals surface area contributed by atoms with Gasteiger partial charge < -0.3 is 4.74 Å². The lowest BCUT2D eigenvalue weighted by Crippen LogP contribution is -2.15. The lowest BCUT2D eigenvalue weighted by atomic mass is 9.93. The molecule has 0 bridgehead atoms. The van der Waals surface area contributed by atoms with Gasteiger partial charge in [0.15, 0.2) is 0 Å². The van der Waals surface area contributed by atoms with E-state index in [1.165, 1.54) is 0 Å². The highest BCUT2D eigenvalue weighted by molar-refractivity contribution is 4.90. The second-order valence-corrected chi connectivity index (χ2v) is 7.33. The van der Waals surface area contributed by atoms with Gasteiger partial charge in [0.25, 0.3) is 0 Å². The smallest absolute Gasteiger partial charge is 0.108 e. The Morgan fingerprint density at radius 3 is 2.33 bits per heavy atom. The minimum absolute atomic E-state index is 0.220. The molecule has 4 nitrogen and oxygen atoms in total. The van der Waals surface area contributed by atoms with Crippen LogP contribution in [0.1, 0.15) is 53.7 Å². The highest BCUT2D eigenvalue weighted by atomic mass is 16.5. The van der Waals surface area contributed by atoms with Crippen molar-refractivity contribution in [1.29, 1.82) is 0 Å². The Bertz CT molecular complexity index is 358. The van der Waals surface area contributed by atoms with Crippen molar-refractivity contribution in [3.63, 3.8) is 0 Å². The molecule has 0 aliphatic heterocycles. The summed E-state index contributed by atoms with van der Waals surface area (Å²) in [6.45, 7) is 15.4. The fraction of sp³-hybridized carbons (Fsp3) is 0.857. The summed E-state index contributed by atoms with van der Waals surface area (Å²) in [5.74, 6) is 0. The van der Waals surface area contributed by atoms with Crippen LogP contribution in [-0.4, -0.2) is 21.6 Å². The van der Waals surface area contributed by atoms with Crippen LogP contribution in [0.15, 0.2) is 6.20 Å². The van der Waals surface area contributed by atoms with Gasteiger partial charge in [0.2, 0.25) is 0 Å². The molecule has 104 valence electrons. The van der Waals surface area contributed by atoms with Crippen molar-refractivity contribution in [2.75, 3.05) is 6.61 Å². The highest BCUT2D eigenvalue weighted by Gasteiger charge is 2.13. The molecule has 4 heteroatoms. The van der Waals surface area contributed by atoms with Crippen molar-refractivity contribution in [3.05, 3.63) is 11.9 Å². The van der Waals surface area contributed by atoms with Gasteiger partial charge in [-0.15, -0.1) is 5.10 Å². The second-order valence-electron chi connectivity index (χ2n) is 7.33. The molecule has 0 N–H and O–H groups in total. The summed E-state index contributed by atoms with van der Waals surface area (Å²) in [4.78, 5) is 0. The molecular formula is C14H27N3O. The summed E-state index contributed by atoms with van der Waals surface area (Å²) in [6, 6.07) is 0. The molecule has 0 aromatic carbocycles. The number of aromatic nitrogens is 3. The zero-order valence-corrected chi connectivity index (χ0v) is 12.7. The SMILES string of the molecule is CC(C)(C)CCOCc1cn(CC(C)(C)C)nn1. The minimum atomic E-state index is 0.220. The molecule has 1 rings (SSSR count). The van der Waals surface area contributed by atoms with Crippen LogP contribution < -0.4 is 0 Å². The molecule has 0 fully saturated rings. The van der Waals surface area contributed by atoms with Gasteiger partial charge in [-0.05, 0) is 17.3 Å². The van der Waals surface area contributed by atoms with Crippen LogP contribution in [0.5, 0.6) is 0 Å². The molecule has 0 spiro atoms. The van der Waals surface area contributed by atoms with Gasteiger partial charge in [-0.25, -0.2) is 0 Å². The van der Waals surface area contributed by atoms with E-state index < -0.39 is 0 Å². The van der Waals surface area contributed by atoms with Gasteiger partial charge in [0, 0.05) is 13.2 Å². The Kier molecular flexibility index (Phi) is 4.91. The van der Waals surface area contributed by atoms with E-state index in [1.54, 1.807) is 0 Å². The molecule has 1 aromatic rings. The first-order chi connectivity index (χ1) is 8.16. The van der Waals surface area contributed by atoms with Crippen molar-refractivity contribution in [2.24, 2.45) is 10.8 Å². The number of rotatable bonds is 5. The maximum absolute atomic E-state index is 5.62. The third kappa shape index (κ3) is 6.74. The fourth-order valence-electron chi connectivity index (χ4n) is 1.52. The average Bonchev–Trinajstić information content (AvgIpc) is 2.56. The molecule has 0 atom stereocenters. The van der Waals surface area contributed by atoms with E-state index in [4.69, 9.17) is 4.74 Å². The van der Waals surface area contributed by atoms with E-state index >= 15 is 0 Å². The van der Waals surface area contributed by atoms with Crippen LogP contribution >= 0.6 is 0 Å². The third-order valence-corrected chi connectivity index (χ3v) is 2.47. The topological polar surface area (TPSA) is 39.9 Å². The maximum atomic E-state index is 5.62. The Morgan fingerprint density at radius 2 is 1.78 bits per heavy atom. The first-order valence-electron chi connectivity index (χ1n) is 6.62. The lowest BCUT2D eigenvalue weighted by Gasteiger charge is -2.17. The van der Waals surface area contributed by atoms with Crippen molar-refractivity contribution in [1.82, 2.24) is 15.0 Å². The standard InChI is InChI=1S/C14H27N3O/c1-13(2,3)7-8-18-10-12-9-17(16-15-12)11-14(4,5)6/h9H,7-8,10-11H2,1-6H3. The molecule has 0 saturated heterocycles. The summed E-state index contributed by atoms with van der Waals surface area (Å²) < 4.78 is 7.51. The van der Waals surface area contributed by atoms with Gasteiger partial charge in [-0.3, -0.25) is 4.68 Å². The highest BCUT2D eigenvalue weighted by Crippen LogP contribution is 2.18. The third-order valence-electron chi connectivity index (χ3n) is 2.47. The van der Waals surface area contributed by atoms with Crippen LogP contribution in [0.25, 0.3) is 0 Å². The summed E-state index contributed by atoms with van der Waals surface area (Å²) >= 11 is 0. The Balaban J connectivity index is 2.32. The van der Waals surface area contributed by atoms with Gasteiger partial charge in [0.1, 0.15) is 5.69 Å².